The lowest BCUT2D eigenvalue weighted by Gasteiger charge is -2.39. The van der Waals surface area contributed by atoms with Crippen LogP contribution in [0.3, 0.4) is 0 Å². The average Bonchev–Trinajstić information content (AvgIpc) is 2.69. The molecule has 2 aliphatic rings. The van der Waals surface area contributed by atoms with E-state index in [1.54, 1.807) is 24.3 Å². The summed E-state index contributed by atoms with van der Waals surface area (Å²) in [4.78, 5) is 27.5. The maximum atomic E-state index is 12.7. The van der Waals surface area contributed by atoms with Crippen molar-refractivity contribution in [2.75, 3.05) is 31.1 Å². The van der Waals surface area contributed by atoms with Gasteiger partial charge in [0.1, 0.15) is 0 Å². The summed E-state index contributed by atoms with van der Waals surface area (Å²) < 4.78 is 0. The first kappa shape index (κ1) is 19.6. The van der Waals surface area contributed by atoms with Crippen LogP contribution in [0.1, 0.15) is 39.5 Å². The second kappa shape index (κ2) is 8.69. The normalized spacial score (nSPS) is 25.0. The minimum Gasteiger partial charge on any atom is -0.369 e. The number of benzene rings is 1. The molecule has 0 spiro atoms. The van der Waals surface area contributed by atoms with Crippen molar-refractivity contribution in [2.24, 2.45) is 5.92 Å². The molecule has 0 aromatic heterocycles. The number of carbonyl (C=O) groups is 1. The van der Waals surface area contributed by atoms with Crippen LogP contribution < -0.4 is 10.2 Å². The number of hydrogen-bond acceptors (Lipinski definition) is 5. The van der Waals surface area contributed by atoms with Crippen LogP contribution >= 0.6 is 0 Å². The fraction of sp³-hybridized carbons (Fsp3) is 0.650. The third kappa shape index (κ3) is 4.77. The Kier molecular flexibility index (Phi) is 6.31. The number of nitrogens with zero attached hydrogens (tertiary/aromatic N) is 3. The lowest BCUT2D eigenvalue weighted by molar-refractivity contribution is -0.384. The summed E-state index contributed by atoms with van der Waals surface area (Å²) in [5.41, 5.74) is 1.10. The van der Waals surface area contributed by atoms with Crippen molar-refractivity contribution in [2.45, 2.75) is 51.6 Å². The van der Waals surface area contributed by atoms with Gasteiger partial charge in [-0.05, 0) is 37.8 Å². The Morgan fingerprint density at radius 2 is 1.78 bits per heavy atom. The summed E-state index contributed by atoms with van der Waals surface area (Å²) in [7, 11) is 0. The summed E-state index contributed by atoms with van der Waals surface area (Å²) in [6, 6.07) is 6.88. The molecule has 148 valence electrons. The fourth-order valence-electron chi connectivity index (χ4n) is 4.15. The average molecular weight is 374 g/mol. The van der Waals surface area contributed by atoms with Crippen LogP contribution in [-0.2, 0) is 4.79 Å². The second-order valence-corrected chi connectivity index (χ2v) is 7.85. The Morgan fingerprint density at radius 1 is 1.15 bits per heavy atom. The molecule has 7 heteroatoms. The van der Waals surface area contributed by atoms with E-state index in [1.165, 1.54) is 19.3 Å². The number of nitro groups is 1. The largest absolute Gasteiger partial charge is 0.369 e. The van der Waals surface area contributed by atoms with Gasteiger partial charge in [0.2, 0.25) is 5.91 Å². The van der Waals surface area contributed by atoms with Gasteiger partial charge in [-0.1, -0.05) is 19.8 Å². The van der Waals surface area contributed by atoms with E-state index >= 15 is 0 Å². The molecule has 1 aromatic rings. The van der Waals surface area contributed by atoms with Gasteiger partial charge in [-0.25, -0.2) is 0 Å². The Labute approximate surface area is 160 Å². The van der Waals surface area contributed by atoms with Crippen LogP contribution in [0.25, 0.3) is 0 Å². The zero-order valence-electron chi connectivity index (χ0n) is 16.3. The van der Waals surface area contributed by atoms with E-state index in [9.17, 15) is 14.9 Å². The minimum absolute atomic E-state index is 0.111. The van der Waals surface area contributed by atoms with Gasteiger partial charge in [0.15, 0.2) is 0 Å². The third-order valence-electron chi connectivity index (χ3n) is 6.11. The number of nitrogens with one attached hydrogen (secondary N) is 1. The molecule has 1 aliphatic carbocycles. The number of amides is 1. The minimum atomic E-state index is -0.380. The van der Waals surface area contributed by atoms with E-state index in [1.807, 2.05) is 6.92 Å². The highest BCUT2D eigenvalue weighted by atomic mass is 16.6. The van der Waals surface area contributed by atoms with Crippen LogP contribution in [0, 0.1) is 16.0 Å². The number of piperazine rings is 1. The monoisotopic (exact) mass is 374 g/mol. The Morgan fingerprint density at radius 3 is 2.37 bits per heavy atom. The third-order valence-corrected chi connectivity index (χ3v) is 6.11. The summed E-state index contributed by atoms with van der Waals surface area (Å²) in [5.74, 6) is 0.700. The molecule has 0 bridgehead atoms. The number of non-ortho nitro benzene ring substituents is 1. The van der Waals surface area contributed by atoms with E-state index in [-0.39, 0.29) is 22.6 Å². The van der Waals surface area contributed by atoms with Gasteiger partial charge in [0.25, 0.3) is 5.69 Å². The molecule has 3 atom stereocenters. The SMILES string of the molecule is C[C@@H]1CCCC[C@H]1NC(=O)[C@@H](C)N1CCN(c2ccc([N+](=O)[O-])cc2)CC1. The van der Waals surface area contributed by atoms with Crippen molar-refractivity contribution in [3.8, 4) is 0 Å². The molecule has 1 heterocycles. The maximum Gasteiger partial charge on any atom is 0.269 e. The zero-order valence-corrected chi connectivity index (χ0v) is 16.3. The lowest BCUT2D eigenvalue weighted by Crippen LogP contribution is -2.55. The zero-order chi connectivity index (χ0) is 19.4. The van der Waals surface area contributed by atoms with Gasteiger partial charge < -0.3 is 10.2 Å². The number of nitro benzene ring substituents is 1. The van der Waals surface area contributed by atoms with Gasteiger partial charge in [0, 0.05) is 50.0 Å². The molecule has 1 aromatic carbocycles. The van der Waals surface area contributed by atoms with Crippen LogP contribution in [0.5, 0.6) is 0 Å². The van der Waals surface area contributed by atoms with E-state index in [0.717, 1.165) is 38.3 Å². The first-order valence-corrected chi connectivity index (χ1v) is 9.99. The molecular formula is C20H30N4O3. The highest BCUT2D eigenvalue weighted by Crippen LogP contribution is 2.24. The first-order chi connectivity index (χ1) is 13.0. The molecule has 0 radical (unpaired) electrons. The number of hydrogen-bond donors (Lipinski definition) is 1. The van der Waals surface area contributed by atoms with Crippen molar-refractivity contribution in [3.63, 3.8) is 0 Å². The summed E-state index contributed by atoms with van der Waals surface area (Å²) in [6.45, 7) is 7.48. The molecule has 0 unspecified atom stereocenters. The lowest BCUT2D eigenvalue weighted by atomic mass is 9.86. The molecule has 27 heavy (non-hydrogen) atoms. The molecule has 1 amide bonds. The molecular weight excluding hydrogens is 344 g/mol. The second-order valence-electron chi connectivity index (χ2n) is 7.85. The molecule has 7 nitrogen and oxygen atoms in total. The Balaban J connectivity index is 1.50. The molecule has 1 N–H and O–H groups in total. The van der Waals surface area contributed by atoms with Crippen molar-refractivity contribution in [1.29, 1.82) is 0 Å². The topological polar surface area (TPSA) is 78.7 Å². The Hall–Kier alpha value is -2.15. The van der Waals surface area contributed by atoms with Crippen molar-refractivity contribution in [3.05, 3.63) is 34.4 Å². The summed E-state index contributed by atoms with van der Waals surface area (Å²) in [6.07, 6.45) is 4.77. The van der Waals surface area contributed by atoms with Crippen LogP contribution in [0.4, 0.5) is 11.4 Å². The number of carbonyl (C=O) groups excluding carboxylic acids is 1. The van der Waals surface area contributed by atoms with Gasteiger partial charge in [0.05, 0.1) is 11.0 Å². The Bertz CT molecular complexity index is 656. The smallest absolute Gasteiger partial charge is 0.269 e. The van der Waals surface area contributed by atoms with Crippen LogP contribution in [0.2, 0.25) is 0 Å². The highest BCUT2D eigenvalue weighted by molar-refractivity contribution is 5.81. The summed E-state index contributed by atoms with van der Waals surface area (Å²) in [5, 5.41) is 14.0. The van der Waals surface area contributed by atoms with Crippen molar-refractivity contribution < 1.29 is 9.72 Å². The highest BCUT2D eigenvalue weighted by Gasteiger charge is 2.29. The molecule has 1 saturated carbocycles. The number of anilines is 1. The van der Waals surface area contributed by atoms with Gasteiger partial charge >= 0.3 is 0 Å². The predicted molar refractivity (Wildman–Crippen MR) is 106 cm³/mol. The van der Waals surface area contributed by atoms with Crippen molar-refractivity contribution in [1.82, 2.24) is 10.2 Å². The number of rotatable bonds is 5. The fourth-order valence-corrected chi connectivity index (χ4v) is 4.15. The predicted octanol–water partition coefficient (Wildman–Crippen LogP) is 2.80. The van der Waals surface area contributed by atoms with Gasteiger partial charge in [-0.15, -0.1) is 0 Å². The van der Waals surface area contributed by atoms with E-state index < -0.39 is 0 Å². The molecule has 1 aliphatic heterocycles. The quantitative estimate of drug-likeness (QED) is 0.633. The van der Waals surface area contributed by atoms with Crippen molar-refractivity contribution >= 4 is 17.3 Å². The standard InChI is InChI=1S/C20H30N4O3/c1-15-5-3-4-6-19(15)21-20(25)16(2)22-11-13-23(14-12-22)17-7-9-18(10-8-17)24(26)27/h7-10,15-16,19H,3-6,11-14H2,1-2H3,(H,21,25)/t15-,16-,19-/m1/s1. The van der Waals surface area contributed by atoms with Crippen LogP contribution in [0.15, 0.2) is 24.3 Å². The molecule has 1 saturated heterocycles. The molecule has 2 fully saturated rings. The maximum absolute atomic E-state index is 12.7. The summed E-state index contributed by atoms with van der Waals surface area (Å²) >= 11 is 0. The first-order valence-electron chi connectivity index (χ1n) is 9.99. The van der Waals surface area contributed by atoms with E-state index in [0.29, 0.717) is 12.0 Å². The van der Waals surface area contributed by atoms with Gasteiger partial charge in [-0.3, -0.25) is 19.8 Å². The van der Waals surface area contributed by atoms with E-state index in [2.05, 4.69) is 22.0 Å². The van der Waals surface area contributed by atoms with Gasteiger partial charge in [-0.2, -0.15) is 0 Å². The molecule has 3 rings (SSSR count). The van der Waals surface area contributed by atoms with Crippen LogP contribution in [-0.4, -0.2) is 54.0 Å². The van der Waals surface area contributed by atoms with E-state index in [4.69, 9.17) is 0 Å².